The van der Waals surface area contributed by atoms with Crippen molar-refractivity contribution in [1.29, 1.82) is 0 Å². The fraction of sp³-hybridized carbons (Fsp3) is 0.833. The second-order valence-electron chi connectivity index (χ2n) is 13.2. The molecule has 1 fully saturated rings. The van der Waals surface area contributed by atoms with E-state index in [0.29, 0.717) is 125 Å². The van der Waals surface area contributed by atoms with Crippen molar-refractivity contribution in [3.05, 3.63) is 12.2 Å². The predicted octanol–water partition coefficient (Wildman–Crippen LogP) is 1.33. The first-order valence-electron chi connectivity index (χ1n) is 18.4. The monoisotopic (exact) mass is 746 g/mol. The molecule has 0 bridgehead atoms. The number of esters is 1. The van der Waals surface area contributed by atoms with Gasteiger partial charge in [0.05, 0.1) is 112 Å². The fourth-order valence-electron chi connectivity index (χ4n) is 5.15. The van der Waals surface area contributed by atoms with Gasteiger partial charge in [-0.2, -0.15) is 0 Å². The van der Waals surface area contributed by atoms with Gasteiger partial charge in [0.25, 0.3) is 11.8 Å². The third kappa shape index (κ3) is 23.9. The lowest BCUT2D eigenvalue weighted by Crippen LogP contribution is -2.39. The summed E-state index contributed by atoms with van der Waals surface area (Å²) in [5.41, 5.74) is -0.519. The highest BCUT2D eigenvalue weighted by Crippen LogP contribution is 2.30. The van der Waals surface area contributed by atoms with Crippen LogP contribution in [0.25, 0.3) is 0 Å². The molecule has 0 atom stereocenters. The van der Waals surface area contributed by atoms with Gasteiger partial charge in [0.2, 0.25) is 5.91 Å². The number of nitrogens with one attached hydrogen (secondary N) is 1. The van der Waals surface area contributed by atoms with Crippen molar-refractivity contribution in [3.8, 4) is 0 Å². The molecule has 0 aromatic carbocycles. The highest BCUT2D eigenvalue weighted by molar-refractivity contribution is 6.12. The van der Waals surface area contributed by atoms with Gasteiger partial charge < -0.3 is 52.7 Å². The first-order chi connectivity index (χ1) is 25.2. The SMILES string of the molecule is CC(C)(C)OC(=O)COCCOCCOCCOCCOCCOCCOCCOCCOCCNC(=O)[C@H]1CC[C@H](CN2C(=O)C=CC2=O)CC1. The number of hydrogen-bond donors (Lipinski definition) is 1. The van der Waals surface area contributed by atoms with Gasteiger partial charge in [0, 0.05) is 31.2 Å². The molecule has 0 aromatic heterocycles. The Hall–Kier alpha value is -2.54. The molecule has 0 saturated heterocycles. The molecule has 16 heteroatoms. The Balaban J connectivity index is 1.20. The lowest BCUT2D eigenvalue weighted by Gasteiger charge is -2.30. The summed E-state index contributed by atoms with van der Waals surface area (Å²) in [6, 6.07) is 0. The van der Waals surface area contributed by atoms with Crippen LogP contribution in [0.4, 0.5) is 0 Å². The standard InChI is InChI=1S/C36H62N2O14/c1-36(2,3)52-34(41)29-51-27-26-50-25-24-49-23-22-48-21-20-47-19-18-46-17-16-45-15-14-44-13-12-43-11-10-37-35(42)31-6-4-30(5-7-31)28-38-32(39)8-9-33(38)40/h8-9,30-31H,4-7,10-29H2,1-3H3,(H,37,42)/t30-,31-. The number of imide groups is 1. The summed E-state index contributed by atoms with van der Waals surface area (Å²) in [6.07, 6.45) is 5.78. The molecular formula is C36H62N2O14. The van der Waals surface area contributed by atoms with Gasteiger partial charge in [0.15, 0.2) is 0 Å². The fourth-order valence-corrected chi connectivity index (χ4v) is 5.15. The van der Waals surface area contributed by atoms with Crippen LogP contribution in [0.15, 0.2) is 12.2 Å². The van der Waals surface area contributed by atoms with Crippen LogP contribution < -0.4 is 5.32 Å². The molecule has 52 heavy (non-hydrogen) atoms. The third-order valence-corrected chi connectivity index (χ3v) is 7.72. The summed E-state index contributed by atoms with van der Waals surface area (Å²) >= 11 is 0. The zero-order valence-electron chi connectivity index (χ0n) is 31.4. The Bertz CT molecular complexity index is 995. The zero-order valence-corrected chi connectivity index (χ0v) is 31.4. The molecule has 3 amide bonds. The van der Waals surface area contributed by atoms with Crippen LogP contribution in [0, 0.1) is 11.8 Å². The summed E-state index contributed by atoms with van der Waals surface area (Å²) in [7, 11) is 0. The number of rotatable bonds is 32. The van der Waals surface area contributed by atoms with Crippen molar-refractivity contribution < 1.29 is 66.5 Å². The van der Waals surface area contributed by atoms with Crippen molar-refractivity contribution in [2.75, 3.05) is 132 Å². The zero-order chi connectivity index (χ0) is 37.7. The molecule has 0 radical (unpaired) electrons. The quantitative estimate of drug-likeness (QED) is 0.0593. The minimum atomic E-state index is -0.519. The van der Waals surface area contributed by atoms with Gasteiger partial charge in [-0.1, -0.05) is 0 Å². The largest absolute Gasteiger partial charge is 0.458 e. The molecule has 2 aliphatic rings. The van der Waals surface area contributed by atoms with E-state index in [1.54, 1.807) is 0 Å². The Morgan fingerprint density at radius 3 is 1.35 bits per heavy atom. The number of carbonyl (C=O) groups is 4. The van der Waals surface area contributed by atoms with E-state index in [-0.39, 0.29) is 36.2 Å². The minimum Gasteiger partial charge on any atom is -0.458 e. The Morgan fingerprint density at radius 1 is 0.596 bits per heavy atom. The predicted molar refractivity (Wildman–Crippen MR) is 188 cm³/mol. The molecule has 2 rings (SSSR count). The van der Waals surface area contributed by atoms with Crippen molar-refractivity contribution >= 4 is 23.7 Å². The molecule has 1 aliphatic heterocycles. The highest BCUT2D eigenvalue weighted by atomic mass is 16.6. The maximum atomic E-state index is 12.5. The molecule has 300 valence electrons. The molecule has 16 nitrogen and oxygen atoms in total. The van der Waals surface area contributed by atoms with Crippen molar-refractivity contribution in [1.82, 2.24) is 10.2 Å². The maximum Gasteiger partial charge on any atom is 0.332 e. The van der Waals surface area contributed by atoms with E-state index in [1.165, 1.54) is 17.1 Å². The van der Waals surface area contributed by atoms with Crippen LogP contribution >= 0.6 is 0 Å². The van der Waals surface area contributed by atoms with Crippen LogP contribution in [0.5, 0.6) is 0 Å². The minimum absolute atomic E-state index is 0.0313. The first-order valence-corrected chi connectivity index (χ1v) is 18.4. The maximum absolute atomic E-state index is 12.5. The normalized spacial score (nSPS) is 17.6. The number of amides is 3. The van der Waals surface area contributed by atoms with E-state index in [4.69, 9.17) is 47.4 Å². The number of hydrogen-bond acceptors (Lipinski definition) is 14. The lowest BCUT2D eigenvalue weighted by atomic mass is 9.81. The van der Waals surface area contributed by atoms with Gasteiger partial charge >= 0.3 is 5.97 Å². The van der Waals surface area contributed by atoms with Crippen LogP contribution in [0.1, 0.15) is 46.5 Å². The van der Waals surface area contributed by atoms with E-state index in [9.17, 15) is 19.2 Å². The average molecular weight is 747 g/mol. The highest BCUT2D eigenvalue weighted by Gasteiger charge is 2.31. The molecular weight excluding hydrogens is 684 g/mol. The molecule has 1 heterocycles. The molecule has 0 unspecified atom stereocenters. The number of nitrogens with zero attached hydrogens (tertiary/aromatic N) is 1. The van der Waals surface area contributed by atoms with Crippen LogP contribution in [0.2, 0.25) is 0 Å². The molecule has 0 aromatic rings. The second kappa shape index (κ2) is 28.9. The summed E-state index contributed by atoms with van der Waals surface area (Å²) in [6.45, 7) is 13.7. The van der Waals surface area contributed by atoms with Crippen LogP contribution in [0.3, 0.4) is 0 Å². The van der Waals surface area contributed by atoms with Gasteiger partial charge in [-0.15, -0.1) is 0 Å². The Labute approximate surface area is 308 Å². The third-order valence-electron chi connectivity index (χ3n) is 7.72. The summed E-state index contributed by atoms with van der Waals surface area (Å²) in [5.74, 6) is -0.650. The van der Waals surface area contributed by atoms with E-state index >= 15 is 0 Å². The molecule has 1 N–H and O–H groups in total. The summed E-state index contributed by atoms with van der Waals surface area (Å²) in [4.78, 5) is 48.8. The Kier molecular flexibility index (Phi) is 25.3. The topological polar surface area (TPSA) is 176 Å². The van der Waals surface area contributed by atoms with Gasteiger partial charge in [-0.3, -0.25) is 19.3 Å². The van der Waals surface area contributed by atoms with E-state index < -0.39 is 11.6 Å². The summed E-state index contributed by atoms with van der Waals surface area (Å²) < 4.78 is 54.1. The van der Waals surface area contributed by atoms with Gasteiger partial charge in [-0.05, 0) is 52.4 Å². The van der Waals surface area contributed by atoms with Gasteiger partial charge in [-0.25, -0.2) is 4.79 Å². The Morgan fingerprint density at radius 2 is 0.962 bits per heavy atom. The number of carbonyl (C=O) groups excluding carboxylic acids is 4. The summed E-state index contributed by atoms with van der Waals surface area (Å²) in [5, 5.41) is 2.93. The smallest absolute Gasteiger partial charge is 0.332 e. The van der Waals surface area contributed by atoms with Crippen LogP contribution in [-0.2, 0) is 66.5 Å². The van der Waals surface area contributed by atoms with E-state index in [1.807, 2.05) is 20.8 Å². The average Bonchev–Trinajstić information content (AvgIpc) is 3.42. The van der Waals surface area contributed by atoms with Crippen molar-refractivity contribution in [3.63, 3.8) is 0 Å². The van der Waals surface area contributed by atoms with Crippen LogP contribution in [-0.4, -0.2) is 166 Å². The van der Waals surface area contributed by atoms with Gasteiger partial charge in [0.1, 0.15) is 12.2 Å². The van der Waals surface area contributed by atoms with Crippen molar-refractivity contribution in [2.45, 2.75) is 52.1 Å². The molecule has 1 aliphatic carbocycles. The first kappa shape index (κ1) is 45.6. The lowest BCUT2D eigenvalue weighted by molar-refractivity contribution is -0.160. The molecule has 0 spiro atoms. The van der Waals surface area contributed by atoms with E-state index in [2.05, 4.69) is 5.32 Å². The second-order valence-corrected chi connectivity index (χ2v) is 13.2. The number of ether oxygens (including phenoxy) is 10. The van der Waals surface area contributed by atoms with E-state index in [0.717, 1.165) is 25.7 Å². The van der Waals surface area contributed by atoms with Crippen molar-refractivity contribution in [2.24, 2.45) is 11.8 Å². The molecule has 1 saturated carbocycles.